The summed E-state index contributed by atoms with van der Waals surface area (Å²) in [5.41, 5.74) is 0.614. The molecule has 0 unspecified atom stereocenters. The maximum atomic E-state index is 12.1. The molecule has 0 aliphatic carbocycles. The van der Waals surface area contributed by atoms with Crippen LogP contribution in [0.4, 0.5) is 0 Å². The zero-order valence-corrected chi connectivity index (χ0v) is 11.6. The Balaban J connectivity index is 2.13. The van der Waals surface area contributed by atoms with E-state index in [2.05, 4.69) is 5.32 Å². The highest BCUT2D eigenvalue weighted by Crippen LogP contribution is 2.23. The van der Waals surface area contributed by atoms with Crippen LogP contribution >= 0.6 is 11.6 Å². The minimum Gasteiger partial charge on any atom is -0.496 e. The van der Waals surface area contributed by atoms with Gasteiger partial charge in [-0.1, -0.05) is 11.6 Å². The summed E-state index contributed by atoms with van der Waals surface area (Å²) >= 11 is 5.89. The molecule has 1 aromatic rings. The summed E-state index contributed by atoms with van der Waals surface area (Å²) in [5, 5.41) is 2.63. The van der Waals surface area contributed by atoms with Crippen LogP contribution in [0.2, 0.25) is 5.02 Å². The third-order valence-corrected chi connectivity index (χ3v) is 3.12. The van der Waals surface area contributed by atoms with E-state index < -0.39 is 11.8 Å². The van der Waals surface area contributed by atoms with Gasteiger partial charge in [-0.25, -0.2) is 0 Å². The molecule has 0 aromatic heterocycles. The number of nitrogens with zero attached hydrogens (tertiary/aromatic N) is 1. The minimum atomic E-state index is -0.479. The number of rotatable bonds is 3. The second-order valence-electron chi connectivity index (χ2n) is 4.35. The van der Waals surface area contributed by atoms with E-state index in [9.17, 15) is 14.4 Å². The molecule has 0 saturated carbocycles. The number of nitrogens with one attached hydrogen (secondary N) is 1. The van der Waals surface area contributed by atoms with Crippen molar-refractivity contribution in [3.63, 3.8) is 0 Å². The molecule has 1 heterocycles. The quantitative estimate of drug-likeness (QED) is 0.818. The summed E-state index contributed by atoms with van der Waals surface area (Å²) in [4.78, 5) is 35.8. The van der Waals surface area contributed by atoms with E-state index in [0.717, 1.165) is 0 Å². The molecule has 1 N–H and O–H groups in total. The Hall–Kier alpha value is -2.08. The Kier molecular flexibility index (Phi) is 4.24. The average Bonchev–Trinajstić information content (AvgIpc) is 2.37. The topological polar surface area (TPSA) is 75.7 Å². The normalized spacial score (nSPS) is 15.0. The number of carbonyl (C=O) groups excluding carboxylic acids is 3. The van der Waals surface area contributed by atoms with Crippen LogP contribution in [0, 0.1) is 0 Å². The van der Waals surface area contributed by atoms with Crippen LogP contribution < -0.4 is 10.1 Å². The number of amides is 3. The van der Waals surface area contributed by atoms with E-state index in [1.54, 1.807) is 18.2 Å². The van der Waals surface area contributed by atoms with Crippen molar-refractivity contribution in [1.29, 1.82) is 0 Å². The van der Waals surface area contributed by atoms with E-state index in [4.69, 9.17) is 16.3 Å². The number of halogens is 1. The summed E-state index contributed by atoms with van der Waals surface area (Å²) in [6.07, 6.45) is 0.0181. The summed E-state index contributed by atoms with van der Waals surface area (Å²) in [7, 11) is 1.50. The van der Waals surface area contributed by atoms with Crippen molar-refractivity contribution in [2.24, 2.45) is 0 Å². The molecule has 0 spiro atoms. The molecule has 0 radical (unpaired) electrons. The fourth-order valence-corrected chi connectivity index (χ4v) is 2.17. The van der Waals surface area contributed by atoms with E-state index in [-0.39, 0.29) is 25.4 Å². The first-order valence-electron chi connectivity index (χ1n) is 5.92. The summed E-state index contributed by atoms with van der Waals surface area (Å²) < 4.78 is 5.16. The number of hydrogen-bond donors (Lipinski definition) is 1. The Morgan fingerprint density at radius 1 is 1.35 bits per heavy atom. The van der Waals surface area contributed by atoms with Gasteiger partial charge in [-0.2, -0.15) is 0 Å². The van der Waals surface area contributed by atoms with Gasteiger partial charge >= 0.3 is 0 Å². The van der Waals surface area contributed by atoms with E-state index in [1.807, 2.05) is 0 Å². The van der Waals surface area contributed by atoms with Gasteiger partial charge in [0.25, 0.3) is 0 Å². The Labute approximate surface area is 120 Å². The lowest BCUT2D eigenvalue weighted by molar-refractivity contribution is -0.145. The van der Waals surface area contributed by atoms with Crippen molar-refractivity contribution in [1.82, 2.24) is 10.2 Å². The number of piperazine rings is 1. The van der Waals surface area contributed by atoms with Gasteiger partial charge in [0.15, 0.2) is 0 Å². The Morgan fingerprint density at radius 2 is 2.00 bits per heavy atom. The molecule has 106 valence electrons. The standard InChI is InChI=1S/C13H13ClN2O4/c1-20-10-3-2-9(14)4-8(10)5-13(19)16-6-11(17)15-12(18)7-16/h2-4H,5-7H2,1H3,(H,15,17,18). The van der Waals surface area contributed by atoms with Crippen molar-refractivity contribution in [2.75, 3.05) is 20.2 Å². The fraction of sp³-hybridized carbons (Fsp3) is 0.308. The molecule has 0 atom stereocenters. The predicted octanol–water partition coefficient (Wildman–Crippen LogP) is 0.376. The molecule has 1 saturated heterocycles. The third-order valence-electron chi connectivity index (χ3n) is 2.88. The van der Waals surface area contributed by atoms with Crippen LogP contribution in [-0.4, -0.2) is 42.8 Å². The summed E-state index contributed by atoms with van der Waals surface area (Å²) in [6.45, 7) is -0.235. The molecule has 20 heavy (non-hydrogen) atoms. The molecule has 1 fully saturated rings. The lowest BCUT2D eigenvalue weighted by Crippen LogP contribution is -2.53. The Bertz CT molecular complexity index is 557. The summed E-state index contributed by atoms with van der Waals surface area (Å²) in [6, 6.07) is 4.95. The largest absolute Gasteiger partial charge is 0.496 e. The SMILES string of the molecule is COc1ccc(Cl)cc1CC(=O)N1CC(=O)NC(=O)C1. The van der Waals surface area contributed by atoms with Crippen molar-refractivity contribution < 1.29 is 19.1 Å². The van der Waals surface area contributed by atoms with Crippen molar-refractivity contribution in [3.05, 3.63) is 28.8 Å². The zero-order chi connectivity index (χ0) is 14.7. The molecular formula is C13H13ClN2O4. The monoisotopic (exact) mass is 296 g/mol. The molecule has 3 amide bonds. The van der Waals surface area contributed by atoms with Crippen molar-refractivity contribution in [3.8, 4) is 5.75 Å². The first kappa shape index (κ1) is 14.3. The number of benzene rings is 1. The first-order chi connectivity index (χ1) is 9.49. The third kappa shape index (κ3) is 3.27. The van der Waals surface area contributed by atoms with Gasteiger partial charge in [0.2, 0.25) is 17.7 Å². The van der Waals surface area contributed by atoms with Crippen LogP contribution in [0.3, 0.4) is 0 Å². The highest BCUT2D eigenvalue weighted by atomic mass is 35.5. The number of carbonyl (C=O) groups is 3. The van der Waals surface area contributed by atoms with Gasteiger partial charge in [0.05, 0.1) is 13.5 Å². The average molecular weight is 297 g/mol. The fourth-order valence-electron chi connectivity index (χ4n) is 1.97. The smallest absolute Gasteiger partial charge is 0.246 e. The Morgan fingerprint density at radius 3 is 2.60 bits per heavy atom. The van der Waals surface area contributed by atoms with Crippen LogP contribution in [0.15, 0.2) is 18.2 Å². The highest BCUT2D eigenvalue weighted by molar-refractivity contribution is 6.30. The van der Waals surface area contributed by atoms with Gasteiger partial charge in [-0.3, -0.25) is 19.7 Å². The van der Waals surface area contributed by atoms with Gasteiger partial charge in [0, 0.05) is 10.6 Å². The lowest BCUT2D eigenvalue weighted by atomic mass is 10.1. The molecule has 6 nitrogen and oxygen atoms in total. The molecule has 1 aliphatic rings. The molecule has 2 rings (SSSR count). The number of hydrogen-bond acceptors (Lipinski definition) is 4. The molecule has 1 aliphatic heterocycles. The predicted molar refractivity (Wildman–Crippen MR) is 71.4 cm³/mol. The minimum absolute atomic E-state index is 0.0181. The lowest BCUT2D eigenvalue weighted by Gasteiger charge is -2.25. The van der Waals surface area contributed by atoms with Crippen LogP contribution in [-0.2, 0) is 20.8 Å². The van der Waals surface area contributed by atoms with Crippen molar-refractivity contribution >= 4 is 29.3 Å². The maximum absolute atomic E-state index is 12.1. The van der Waals surface area contributed by atoms with Gasteiger partial charge in [-0.15, -0.1) is 0 Å². The molecular weight excluding hydrogens is 284 g/mol. The molecule has 1 aromatic carbocycles. The van der Waals surface area contributed by atoms with Gasteiger partial charge < -0.3 is 9.64 Å². The molecule has 0 bridgehead atoms. The van der Waals surface area contributed by atoms with Crippen molar-refractivity contribution in [2.45, 2.75) is 6.42 Å². The molecule has 7 heteroatoms. The van der Waals surface area contributed by atoms with Crippen LogP contribution in [0.25, 0.3) is 0 Å². The zero-order valence-electron chi connectivity index (χ0n) is 10.8. The van der Waals surface area contributed by atoms with E-state index >= 15 is 0 Å². The maximum Gasteiger partial charge on any atom is 0.246 e. The van der Waals surface area contributed by atoms with E-state index in [1.165, 1.54) is 12.0 Å². The second-order valence-corrected chi connectivity index (χ2v) is 4.79. The van der Waals surface area contributed by atoms with E-state index in [0.29, 0.717) is 16.3 Å². The number of methoxy groups -OCH3 is 1. The highest BCUT2D eigenvalue weighted by Gasteiger charge is 2.26. The number of ether oxygens (including phenoxy) is 1. The van der Waals surface area contributed by atoms with Crippen LogP contribution in [0.5, 0.6) is 5.75 Å². The van der Waals surface area contributed by atoms with Gasteiger partial charge in [0.1, 0.15) is 18.8 Å². The van der Waals surface area contributed by atoms with Gasteiger partial charge in [-0.05, 0) is 18.2 Å². The van der Waals surface area contributed by atoms with Crippen LogP contribution in [0.1, 0.15) is 5.56 Å². The summed E-state index contributed by atoms with van der Waals surface area (Å²) in [5.74, 6) is -0.746. The first-order valence-corrected chi connectivity index (χ1v) is 6.30. The number of imide groups is 1. The second kappa shape index (κ2) is 5.92.